The van der Waals surface area contributed by atoms with Crippen LogP contribution in [-0.4, -0.2) is 15.4 Å². The summed E-state index contributed by atoms with van der Waals surface area (Å²) in [5.41, 5.74) is 1.95. The average molecular weight is 326 g/mol. The first-order chi connectivity index (χ1) is 11.5. The summed E-state index contributed by atoms with van der Waals surface area (Å²) in [6.45, 7) is 1.71. The van der Waals surface area contributed by atoms with E-state index >= 15 is 0 Å². The van der Waals surface area contributed by atoms with Crippen molar-refractivity contribution >= 4 is 11.6 Å². The molecule has 0 aliphatic heterocycles. The molecule has 3 aromatic rings. The number of fused-ring (bicyclic) bond motifs is 1. The van der Waals surface area contributed by atoms with Gasteiger partial charge in [-0.2, -0.15) is 0 Å². The van der Waals surface area contributed by atoms with E-state index in [0.717, 1.165) is 5.69 Å². The Morgan fingerprint density at radius 3 is 2.79 bits per heavy atom. The third kappa shape index (κ3) is 3.48. The Morgan fingerprint density at radius 1 is 1.21 bits per heavy atom. The predicted octanol–water partition coefficient (Wildman–Crippen LogP) is 2.43. The molecule has 0 fully saturated rings. The molecule has 0 bridgehead atoms. The minimum Gasteiger partial charge on any atom is -0.459 e. The van der Waals surface area contributed by atoms with E-state index < -0.39 is 11.8 Å². The third-order valence-corrected chi connectivity index (χ3v) is 3.55. The van der Waals surface area contributed by atoms with Crippen LogP contribution in [0, 0.1) is 12.7 Å². The summed E-state index contributed by atoms with van der Waals surface area (Å²) in [5.74, 6) is -0.910. The van der Waals surface area contributed by atoms with Gasteiger partial charge in [-0.1, -0.05) is 18.2 Å². The van der Waals surface area contributed by atoms with Crippen molar-refractivity contribution in [2.75, 3.05) is 0 Å². The number of hydrogen-bond acceptors (Lipinski definition) is 4. The zero-order valence-corrected chi connectivity index (χ0v) is 13.0. The van der Waals surface area contributed by atoms with Crippen molar-refractivity contribution in [3.05, 3.63) is 81.7 Å². The molecule has 0 aliphatic rings. The maximum Gasteiger partial charge on any atom is 0.310 e. The van der Waals surface area contributed by atoms with Gasteiger partial charge in [0.05, 0.1) is 12.1 Å². The van der Waals surface area contributed by atoms with Crippen LogP contribution in [0.2, 0.25) is 0 Å². The number of hydrogen-bond donors (Lipinski definition) is 0. The number of esters is 1. The van der Waals surface area contributed by atoms with Crippen LogP contribution in [0.1, 0.15) is 17.0 Å². The lowest BCUT2D eigenvalue weighted by molar-refractivity contribution is -0.144. The summed E-state index contributed by atoms with van der Waals surface area (Å²) in [7, 11) is 0. The highest BCUT2D eigenvalue weighted by molar-refractivity contribution is 5.72. The summed E-state index contributed by atoms with van der Waals surface area (Å²) >= 11 is 0. The van der Waals surface area contributed by atoms with Crippen LogP contribution in [0.4, 0.5) is 4.39 Å². The molecule has 122 valence electrons. The fourth-order valence-electron chi connectivity index (χ4n) is 2.46. The monoisotopic (exact) mass is 326 g/mol. The van der Waals surface area contributed by atoms with Gasteiger partial charge in [0.1, 0.15) is 18.1 Å². The van der Waals surface area contributed by atoms with Crippen LogP contribution in [0.5, 0.6) is 0 Å². The maximum atomic E-state index is 13.1. The number of rotatable bonds is 4. The molecule has 0 saturated carbocycles. The van der Waals surface area contributed by atoms with Crippen molar-refractivity contribution < 1.29 is 13.9 Å². The fourth-order valence-corrected chi connectivity index (χ4v) is 2.46. The van der Waals surface area contributed by atoms with E-state index in [-0.39, 0.29) is 18.6 Å². The van der Waals surface area contributed by atoms with Crippen LogP contribution >= 0.6 is 0 Å². The van der Waals surface area contributed by atoms with Crippen molar-refractivity contribution in [1.82, 2.24) is 9.38 Å². The third-order valence-electron chi connectivity index (χ3n) is 3.55. The molecule has 24 heavy (non-hydrogen) atoms. The quantitative estimate of drug-likeness (QED) is 0.691. The van der Waals surface area contributed by atoms with Gasteiger partial charge in [0.25, 0.3) is 5.56 Å². The molecule has 0 aliphatic carbocycles. The number of ether oxygens (including phenoxy) is 1. The van der Waals surface area contributed by atoms with Crippen molar-refractivity contribution in [2.24, 2.45) is 0 Å². The minimum absolute atomic E-state index is 0.0383. The lowest BCUT2D eigenvalue weighted by Gasteiger charge is -2.07. The summed E-state index contributed by atoms with van der Waals surface area (Å²) in [4.78, 5) is 28.3. The number of carbonyl (C=O) groups is 1. The highest BCUT2D eigenvalue weighted by atomic mass is 19.1. The smallest absolute Gasteiger partial charge is 0.310 e. The van der Waals surface area contributed by atoms with E-state index in [1.54, 1.807) is 18.2 Å². The van der Waals surface area contributed by atoms with Gasteiger partial charge < -0.3 is 4.74 Å². The van der Waals surface area contributed by atoms with Crippen LogP contribution in [0.25, 0.3) is 5.65 Å². The Labute approximate surface area is 137 Å². The summed E-state index contributed by atoms with van der Waals surface area (Å²) in [6, 6.07) is 12.4. The molecule has 1 aromatic carbocycles. The number of nitrogens with zero attached hydrogens (tertiary/aromatic N) is 2. The van der Waals surface area contributed by atoms with Crippen molar-refractivity contribution in [1.29, 1.82) is 0 Å². The number of pyridine rings is 1. The summed E-state index contributed by atoms with van der Waals surface area (Å²) in [6.07, 6.45) is -0.0383. The van der Waals surface area contributed by atoms with Crippen LogP contribution in [0.3, 0.4) is 0 Å². The Kier molecular flexibility index (Phi) is 4.37. The van der Waals surface area contributed by atoms with Gasteiger partial charge in [-0.25, -0.2) is 9.37 Å². The van der Waals surface area contributed by atoms with E-state index in [4.69, 9.17) is 4.74 Å². The average Bonchev–Trinajstić information content (AvgIpc) is 2.53. The molecule has 0 N–H and O–H groups in total. The predicted molar refractivity (Wildman–Crippen MR) is 86.1 cm³/mol. The molecule has 5 nitrogen and oxygen atoms in total. The molecule has 0 saturated heterocycles. The maximum absolute atomic E-state index is 13.1. The zero-order chi connectivity index (χ0) is 17.1. The SMILES string of the molecule is Cc1cccc2nc(COC(=O)Cc3cccc(F)c3)cc(=O)n12. The first-order valence-corrected chi connectivity index (χ1v) is 7.41. The largest absolute Gasteiger partial charge is 0.459 e. The molecule has 0 amide bonds. The molecule has 2 aromatic heterocycles. The second-order valence-electron chi connectivity index (χ2n) is 5.41. The van der Waals surface area contributed by atoms with Crippen LogP contribution in [0.15, 0.2) is 53.3 Å². The van der Waals surface area contributed by atoms with Gasteiger partial charge in [0.15, 0.2) is 0 Å². The zero-order valence-electron chi connectivity index (χ0n) is 13.0. The highest BCUT2D eigenvalue weighted by Gasteiger charge is 2.09. The summed E-state index contributed by atoms with van der Waals surface area (Å²) in [5, 5.41) is 0. The number of halogens is 1. The molecule has 3 rings (SSSR count). The molecular formula is C18H15FN2O3. The number of carbonyl (C=O) groups excluding carboxylic acids is 1. The lowest BCUT2D eigenvalue weighted by atomic mass is 10.1. The Bertz CT molecular complexity index is 966. The number of aryl methyl sites for hydroxylation is 1. The molecule has 0 atom stereocenters. The lowest BCUT2D eigenvalue weighted by Crippen LogP contribution is -2.18. The highest BCUT2D eigenvalue weighted by Crippen LogP contribution is 2.07. The molecule has 6 heteroatoms. The Morgan fingerprint density at radius 2 is 2.00 bits per heavy atom. The van der Waals surface area contributed by atoms with Gasteiger partial charge >= 0.3 is 5.97 Å². The Balaban J connectivity index is 1.71. The Hall–Kier alpha value is -3.02. The molecule has 0 unspecified atom stereocenters. The van der Waals surface area contributed by atoms with Gasteiger partial charge in [-0.3, -0.25) is 14.0 Å². The standard InChI is InChI=1S/C18H15FN2O3/c1-12-4-2-7-16-20-15(10-17(22)21(12)16)11-24-18(23)9-13-5-3-6-14(19)8-13/h2-8,10H,9,11H2,1H3. The van der Waals surface area contributed by atoms with E-state index in [0.29, 0.717) is 16.9 Å². The molecule has 2 heterocycles. The van der Waals surface area contributed by atoms with Crippen molar-refractivity contribution in [3.63, 3.8) is 0 Å². The number of benzene rings is 1. The van der Waals surface area contributed by atoms with Gasteiger partial charge in [0.2, 0.25) is 0 Å². The topological polar surface area (TPSA) is 60.7 Å². The second kappa shape index (κ2) is 6.62. The van der Waals surface area contributed by atoms with Crippen molar-refractivity contribution in [2.45, 2.75) is 20.0 Å². The first kappa shape index (κ1) is 15.9. The molecule has 0 spiro atoms. The fraction of sp³-hybridized carbons (Fsp3) is 0.167. The van der Waals surface area contributed by atoms with Crippen molar-refractivity contribution in [3.8, 4) is 0 Å². The van der Waals surface area contributed by atoms with Gasteiger partial charge in [-0.15, -0.1) is 0 Å². The molecule has 0 radical (unpaired) electrons. The van der Waals surface area contributed by atoms with Crippen LogP contribution < -0.4 is 5.56 Å². The van der Waals surface area contributed by atoms with Gasteiger partial charge in [-0.05, 0) is 36.8 Å². The summed E-state index contributed by atoms with van der Waals surface area (Å²) < 4.78 is 19.7. The minimum atomic E-state index is -0.508. The van der Waals surface area contributed by atoms with Crippen LogP contribution in [-0.2, 0) is 22.6 Å². The van der Waals surface area contributed by atoms with Gasteiger partial charge in [0, 0.05) is 11.8 Å². The second-order valence-corrected chi connectivity index (χ2v) is 5.41. The van der Waals surface area contributed by atoms with E-state index in [1.807, 2.05) is 13.0 Å². The number of aromatic nitrogens is 2. The first-order valence-electron chi connectivity index (χ1n) is 7.41. The molecular weight excluding hydrogens is 311 g/mol. The van der Waals surface area contributed by atoms with E-state index in [2.05, 4.69) is 4.98 Å². The normalized spacial score (nSPS) is 10.8. The van der Waals surface area contributed by atoms with E-state index in [1.165, 1.54) is 28.7 Å². The van der Waals surface area contributed by atoms with E-state index in [9.17, 15) is 14.0 Å².